The van der Waals surface area contributed by atoms with Gasteiger partial charge in [0.25, 0.3) is 0 Å². The van der Waals surface area contributed by atoms with Crippen molar-refractivity contribution in [3.8, 4) is 6.07 Å². The lowest BCUT2D eigenvalue weighted by atomic mass is 9.74. The van der Waals surface area contributed by atoms with Crippen LogP contribution in [0.4, 0.5) is 0 Å². The summed E-state index contributed by atoms with van der Waals surface area (Å²) in [6.07, 6.45) is 0.859. The zero-order valence-corrected chi connectivity index (χ0v) is 16.1. The van der Waals surface area contributed by atoms with Crippen molar-refractivity contribution in [2.75, 3.05) is 13.1 Å². The average Bonchev–Trinajstić information content (AvgIpc) is 3.02. The van der Waals surface area contributed by atoms with E-state index in [0.29, 0.717) is 23.9 Å². The number of aryl methyl sites for hydroxylation is 1. The molecular formula is C20H19N3O4S. The number of oxazole rings is 1. The van der Waals surface area contributed by atoms with Gasteiger partial charge in [0.05, 0.1) is 21.9 Å². The van der Waals surface area contributed by atoms with Crippen molar-refractivity contribution in [1.82, 2.24) is 8.87 Å². The van der Waals surface area contributed by atoms with Gasteiger partial charge in [-0.1, -0.05) is 30.3 Å². The first kappa shape index (κ1) is 18.5. The van der Waals surface area contributed by atoms with Crippen molar-refractivity contribution < 1.29 is 12.8 Å². The van der Waals surface area contributed by atoms with Crippen LogP contribution in [0.1, 0.15) is 18.4 Å². The third kappa shape index (κ3) is 2.84. The van der Waals surface area contributed by atoms with Gasteiger partial charge in [0.2, 0.25) is 10.0 Å². The maximum atomic E-state index is 13.1. The molecule has 0 amide bonds. The average molecular weight is 397 g/mol. The molecule has 4 rings (SSSR count). The summed E-state index contributed by atoms with van der Waals surface area (Å²) in [5.41, 5.74) is 1.02. The second-order valence-corrected chi connectivity index (χ2v) is 8.96. The Kier molecular flexibility index (Phi) is 4.37. The molecule has 2 heterocycles. The first-order valence-corrected chi connectivity index (χ1v) is 10.4. The van der Waals surface area contributed by atoms with E-state index in [-0.39, 0.29) is 18.0 Å². The summed E-state index contributed by atoms with van der Waals surface area (Å²) < 4.78 is 34.0. The van der Waals surface area contributed by atoms with Gasteiger partial charge in [-0.05, 0) is 36.6 Å². The summed E-state index contributed by atoms with van der Waals surface area (Å²) >= 11 is 0. The van der Waals surface area contributed by atoms with E-state index in [1.165, 1.54) is 34.1 Å². The predicted octanol–water partition coefficient (Wildman–Crippen LogP) is 2.38. The molecule has 2 aromatic carbocycles. The van der Waals surface area contributed by atoms with Crippen molar-refractivity contribution in [3.63, 3.8) is 0 Å². The molecule has 0 saturated carbocycles. The summed E-state index contributed by atoms with van der Waals surface area (Å²) in [4.78, 5) is 11.8. The van der Waals surface area contributed by atoms with E-state index in [2.05, 4.69) is 6.07 Å². The van der Waals surface area contributed by atoms with Gasteiger partial charge in [-0.15, -0.1) is 0 Å². The maximum absolute atomic E-state index is 13.1. The predicted molar refractivity (Wildman–Crippen MR) is 103 cm³/mol. The molecular weight excluding hydrogens is 378 g/mol. The molecule has 1 aromatic heterocycles. The number of sulfonamides is 1. The molecule has 1 saturated heterocycles. The molecule has 144 valence electrons. The van der Waals surface area contributed by atoms with E-state index in [1.807, 2.05) is 30.3 Å². The van der Waals surface area contributed by atoms with E-state index in [1.54, 1.807) is 0 Å². The Balaban J connectivity index is 1.63. The van der Waals surface area contributed by atoms with Gasteiger partial charge < -0.3 is 4.42 Å². The molecule has 0 unspecified atom stereocenters. The fourth-order valence-corrected chi connectivity index (χ4v) is 5.21. The SMILES string of the molecule is Cn1c(=O)oc2ccc(S(=O)(=O)N3CCC(C#N)(c4ccccc4)CC3)cc21. The van der Waals surface area contributed by atoms with Crippen molar-refractivity contribution in [3.05, 3.63) is 64.6 Å². The van der Waals surface area contributed by atoms with Crippen LogP contribution in [0.25, 0.3) is 11.1 Å². The van der Waals surface area contributed by atoms with Crippen LogP contribution < -0.4 is 5.76 Å². The zero-order chi connectivity index (χ0) is 19.9. The summed E-state index contributed by atoms with van der Waals surface area (Å²) in [5.74, 6) is -0.538. The normalized spacial score (nSPS) is 17.4. The van der Waals surface area contributed by atoms with E-state index in [9.17, 15) is 18.5 Å². The van der Waals surface area contributed by atoms with Crippen molar-refractivity contribution in [2.24, 2.45) is 7.05 Å². The zero-order valence-electron chi connectivity index (χ0n) is 15.3. The standard InChI is InChI=1S/C20H19N3O4S/c1-22-17-13-16(7-8-18(17)27-19(22)24)28(25,26)23-11-9-20(14-21,10-12-23)15-5-3-2-4-6-15/h2-8,13H,9-12H2,1H3. The fraction of sp³-hybridized carbons (Fsp3) is 0.300. The lowest BCUT2D eigenvalue weighted by Gasteiger charge is -2.36. The molecule has 3 aromatic rings. The Labute approximate surface area is 162 Å². The number of nitrogens with zero attached hydrogens (tertiary/aromatic N) is 3. The van der Waals surface area contributed by atoms with Crippen LogP contribution >= 0.6 is 0 Å². The van der Waals surface area contributed by atoms with Crippen LogP contribution in [0, 0.1) is 11.3 Å². The molecule has 0 bridgehead atoms. The van der Waals surface area contributed by atoms with Gasteiger partial charge in [-0.25, -0.2) is 13.2 Å². The Bertz CT molecular complexity index is 1230. The Morgan fingerprint density at radius 3 is 2.43 bits per heavy atom. The van der Waals surface area contributed by atoms with Crippen LogP contribution in [0.3, 0.4) is 0 Å². The fourth-order valence-electron chi connectivity index (χ4n) is 3.75. The second-order valence-electron chi connectivity index (χ2n) is 7.02. The van der Waals surface area contributed by atoms with Crippen LogP contribution in [0.5, 0.6) is 0 Å². The molecule has 0 N–H and O–H groups in total. The summed E-state index contributed by atoms with van der Waals surface area (Å²) in [6, 6.07) is 16.3. The van der Waals surface area contributed by atoms with E-state index >= 15 is 0 Å². The lowest BCUT2D eigenvalue weighted by Crippen LogP contribution is -2.44. The minimum atomic E-state index is -3.73. The largest absolute Gasteiger partial charge is 0.419 e. The van der Waals surface area contributed by atoms with Gasteiger partial charge >= 0.3 is 5.76 Å². The minimum Gasteiger partial charge on any atom is -0.408 e. The van der Waals surface area contributed by atoms with E-state index in [4.69, 9.17) is 4.42 Å². The topological polar surface area (TPSA) is 96.3 Å². The Hall–Kier alpha value is -2.89. The van der Waals surface area contributed by atoms with Crippen molar-refractivity contribution in [2.45, 2.75) is 23.2 Å². The first-order valence-electron chi connectivity index (χ1n) is 8.94. The molecule has 28 heavy (non-hydrogen) atoms. The molecule has 1 aliphatic heterocycles. The monoisotopic (exact) mass is 397 g/mol. The van der Waals surface area contributed by atoms with Crippen LogP contribution in [0.2, 0.25) is 0 Å². The van der Waals surface area contributed by atoms with Gasteiger partial charge in [-0.3, -0.25) is 4.57 Å². The number of benzene rings is 2. The Morgan fingerprint density at radius 2 is 1.79 bits per heavy atom. The molecule has 0 radical (unpaired) electrons. The summed E-state index contributed by atoms with van der Waals surface area (Å²) in [5, 5.41) is 9.79. The number of piperidine rings is 1. The van der Waals surface area contributed by atoms with E-state index < -0.39 is 21.2 Å². The molecule has 7 nitrogen and oxygen atoms in total. The second kappa shape index (κ2) is 6.62. The van der Waals surface area contributed by atoms with Gasteiger partial charge in [0.1, 0.15) is 0 Å². The maximum Gasteiger partial charge on any atom is 0.419 e. The van der Waals surface area contributed by atoms with Gasteiger partial charge in [0.15, 0.2) is 5.58 Å². The highest BCUT2D eigenvalue weighted by atomic mass is 32.2. The molecule has 8 heteroatoms. The molecule has 1 aliphatic rings. The molecule has 0 spiro atoms. The lowest BCUT2D eigenvalue weighted by molar-refractivity contribution is 0.277. The highest BCUT2D eigenvalue weighted by Gasteiger charge is 2.40. The number of aromatic nitrogens is 1. The quantitative estimate of drug-likeness (QED) is 0.676. The number of rotatable bonds is 3. The smallest absolute Gasteiger partial charge is 0.408 e. The van der Waals surface area contributed by atoms with Gasteiger partial charge in [-0.2, -0.15) is 9.57 Å². The molecule has 1 fully saturated rings. The van der Waals surface area contributed by atoms with Crippen LogP contribution in [0.15, 0.2) is 62.6 Å². The highest BCUT2D eigenvalue weighted by Crippen LogP contribution is 2.36. The molecule has 0 aliphatic carbocycles. The third-order valence-electron chi connectivity index (χ3n) is 5.52. The third-order valence-corrected chi connectivity index (χ3v) is 7.41. The van der Waals surface area contributed by atoms with Gasteiger partial charge in [0, 0.05) is 20.1 Å². The van der Waals surface area contributed by atoms with Crippen molar-refractivity contribution >= 4 is 21.1 Å². The van der Waals surface area contributed by atoms with Crippen molar-refractivity contribution in [1.29, 1.82) is 5.26 Å². The number of fused-ring (bicyclic) bond motifs is 1. The summed E-state index contributed by atoms with van der Waals surface area (Å²) in [7, 11) is -2.20. The minimum absolute atomic E-state index is 0.112. The first-order chi connectivity index (χ1) is 13.4. The molecule has 0 atom stereocenters. The highest BCUT2D eigenvalue weighted by molar-refractivity contribution is 7.89. The van der Waals surface area contributed by atoms with Crippen LogP contribution in [-0.2, 0) is 22.5 Å². The number of nitriles is 1. The Morgan fingerprint density at radius 1 is 1.11 bits per heavy atom. The number of hydrogen-bond acceptors (Lipinski definition) is 5. The van der Waals surface area contributed by atoms with Crippen LogP contribution in [-0.4, -0.2) is 30.4 Å². The number of hydrogen-bond donors (Lipinski definition) is 0. The summed E-state index contributed by atoms with van der Waals surface area (Å²) in [6.45, 7) is 0.514. The van der Waals surface area contributed by atoms with E-state index in [0.717, 1.165) is 5.56 Å².